The van der Waals surface area contributed by atoms with Gasteiger partial charge in [-0.2, -0.15) is 0 Å². The molecule has 0 aliphatic heterocycles. The second kappa shape index (κ2) is 4.60. The Morgan fingerprint density at radius 2 is 2.22 bits per heavy atom. The summed E-state index contributed by atoms with van der Waals surface area (Å²) in [4.78, 5) is 15.9. The summed E-state index contributed by atoms with van der Waals surface area (Å²) < 4.78 is 19.9. The van der Waals surface area contributed by atoms with E-state index in [2.05, 4.69) is 4.98 Å². The zero-order chi connectivity index (χ0) is 13.2. The lowest BCUT2D eigenvalue weighted by Crippen LogP contribution is -2.41. The number of hydrogen-bond acceptors (Lipinski definition) is 3. The molecule has 5 heteroatoms. The average molecular weight is 248 g/mol. The van der Waals surface area contributed by atoms with Crippen molar-refractivity contribution in [1.82, 2.24) is 9.55 Å². The van der Waals surface area contributed by atoms with Gasteiger partial charge < -0.3 is 4.74 Å². The number of rotatable bonds is 3. The number of aromatic nitrogens is 2. The number of carbonyl (C=O) groups excluding carboxylic acids is 1. The molecule has 2 rings (SSSR count). The highest BCUT2D eigenvalue weighted by Crippen LogP contribution is 2.20. The largest absolute Gasteiger partial charge is 0.478 e. The third kappa shape index (κ3) is 2.56. The first kappa shape index (κ1) is 12.3. The van der Waals surface area contributed by atoms with Gasteiger partial charge in [-0.1, -0.05) is 6.07 Å². The van der Waals surface area contributed by atoms with Crippen molar-refractivity contribution in [3.8, 4) is 5.75 Å². The summed E-state index contributed by atoms with van der Waals surface area (Å²) in [5, 5.41) is 0. The fourth-order valence-electron chi connectivity index (χ4n) is 1.56. The molecule has 0 unspecified atom stereocenters. The van der Waals surface area contributed by atoms with Crippen LogP contribution in [0.1, 0.15) is 18.6 Å². The van der Waals surface area contributed by atoms with Crippen molar-refractivity contribution in [3.05, 3.63) is 48.8 Å². The Morgan fingerprint density at radius 3 is 2.83 bits per heavy atom. The van der Waals surface area contributed by atoms with Crippen molar-refractivity contribution in [1.29, 1.82) is 0 Å². The standard InChI is InChI=1S/C13H13FN2O2/c1-13(2,12(17)16-7-6-15-9-16)18-11-5-3-4-10(14)8-11/h3-9H,1-2H3. The van der Waals surface area contributed by atoms with E-state index in [4.69, 9.17) is 4.74 Å². The Kier molecular flexibility index (Phi) is 3.14. The van der Waals surface area contributed by atoms with Gasteiger partial charge in [-0.15, -0.1) is 0 Å². The monoisotopic (exact) mass is 248 g/mol. The molecule has 94 valence electrons. The van der Waals surface area contributed by atoms with Gasteiger partial charge in [-0.05, 0) is 26.0 Å². The van der Waals surface area contributed by atoms with Gasteiger partial charge in [0.1, 0.15) is 17.9 Å². The highest BCUT2D eigenvalue weighted by Gasteiger charge is 2.31. The summed E-state index contributed by atoms with van der Waals surface area (Å²) in [6.07, 6.45) is 4.45. The maximum absolute atomic E-state index is 13.0. The van der Waals surface area contributed by atoms with Crippen LogP contribution in [0.2, 0.25) is 0 Å². The van der Waals surface area contributed by atoms with Crippen molar-refractivity contribution in [2.45, 2.75) is 19.4 Å². The third-order valence-electron chi connectivity index (χ3n) is 2.42. The maximum Gasteiger partial charge on any atom is 0.275 e. The van der Waals surface area contributed by atoms with Gasteiger partial charge >= 0.3 is 0 Å². The fraction of sp³-hybridized carbons (Fsp3) is 0.231. The second-order valence-electron chi connectivity index (χ2n) is 4.34. The van der Waals surface area contributed by atoms with Crippen molar-refractivity contribution < 1.29 is 13.9 Å². The second-order valence-corrected chi connectivity index (χ2v) is 4.34. The van der Waals surface area contributed by atoms with Crippen molar-refractivity contribution in [2.24, 2.45) is 0 Å². The van der Waals surface area contributed by atoms with Gasteiger partial charge in [-0.3, -0.25) is 9.36 Å². The summed E-state index contributed by atoms with van der Waals surface area (Å²) >= 11 is 0. The smallest absolute Gasteiger partial charge is 0.275 e. The third-order valence-corrected chi connectivity index (χ3v) is 2.42. The summed E-state index contributed by atoms with van der Waals surface area (Å²) in [6.45, 7) is 3.25. The van der Waals surface area contributed by atoms with Crippen LogP contribution in [-0.2, 0) is 0 Å². The fourth-order valence-corrected chi connectivity index (χ4v) is 1.56. The van der Waals surface area contributed by atoms with Crippen LogP contribution in [-0.4, -0.2) is 21.1 Å². The molecule has 0 N–H and O–H groups in total. The minimum absolute atomic E-state index is 0.274. The average Bonchev–Trinajstić information content (AvgIpc) is 2.80. The van der Waals surface area contributed by atoms with E-state index in [1.165, 1.54) is 35.3 Å². The minimum atomic E-state index is -1.10. The van der Waals surface area contributed by atoms with E-state index < -0.39 is 11.4 Å². The minimum Gasteiger partial charge on any atom is -0.478 e. The highest BCUT2D eigenvalue weighted by atomic mass is 19.1. The molecule has 0 bridgehead atoms. The molecule has 0 saturated heterocycles. The summed E-state index contributed by atoms with van der Waals surface area (Å²) in [5.74, 6) is -0.365. The van der Waals surface area contributed by atoms with E-state index in [1.807, 2.05) is 0 Å². The number of halogens is 1. The highest BCUT2D eigenvalue weighted by molar-refractivity contribution is 5.86. The molecule has 0 spiro atoms. The Balaban J connectivity index is 2.19. The van der Waals surface area contributed by atoms with Crippen LogP contribution in [0.5, 0.6) is 5.75 Å². The van der Waals surface area contributed by atoms with Crippen LogP contribution >= 0.6 is 0 Å². The predicted octanol–water partition coefficient (Wildman–Crippen LogP) is 2.52. The molecule has 0 atom stereocenters. The molecule has 0 radical (unpaired) electrons. The van der Waals surface area contributed by atoms with Crippen LogP contribution in [0.15, 0.2) is 43.0 Å². The molecule has 0 fully saturated rings. The van der Waals surface area contributed by atoms with Gasteiger partial charge in [0.15, 0.2) is 5.60 Å². The SMILES string of the molecule is CC(C)(Oc1cccc(F)c1)C(=O)n1ccnc1. The number of ether oxygens (including phenoxy) is 1. The van der Waals surface area contributed by atoms with Crippen molar-refractivity contribution in [2.75, 3.05) is 0 Å². The molecule has 2 aromatic rings. The lowest BCUT2D eigenvalue weighted by Gasteiger charge is -2.24. The number of nitrogens with zero attached hydrogens (tertiary/aromatic N) is 2. The van der Waals surface area contributed by atoms with E-state index in [0.717, 1.165) is 0 Å². The van der Waals surface area contributed by atoms with Crippen LogP contribution < -0.4 is 4.74 Å². The first-order chi connectivity index (χ1) is 8.49. The van der Waals surface area contributed by atoms with Gasteiger partial charge in [0.05, 0.1) is 0 Å². The molecule has 1 aromatic carbocycles. The van der Waals surface area contributed by atoms with Crippen LogP contribution in [0.3, 0.4) is 0 Å². The molecule has 4 nitrogen and oxygen atoms in total. The first-order valence-corrected chi connectivity index (χ1v) is 5.46. The summed E-state index contributed by atoms with van der Waals surface area (Å²) in [6, 6.07) is 5.69. The van der Waals surface area contributed by atoms with Crippen LogP contribution in [0.4, 0.5) is 4.39 Å². The predicted molar refractivity (Wildman–Crippen MR) is 64.0 cm³/mol. The molecule has 0 saturated carbocycles. The van der Waals surface area contributed by atoms with E-state index in [9.17, 15) is 9.18 Å². The molecule has 0 aliphatic carbocycles. The Labute approximate surface area is 104 Å². The molecule has 1 aromatic heterocycles. The number of imidazole rings is 1. The zero-order valence-electron chi connectivity index (χ0n) is 10.1. The van der Waals surface area contributed by atoms with Gasteiger partial charge in [0.2, 0.25) is 0 Å². The topological polar surface area (TPSA) is 44.1 Å². The van der Waals surface area contributed by atoms with Gasteiger partial charge in [0.25, 0.3) is 5.91 Å². The number of benzene rings is 1. The molecular weight excluding hydrogens is 235 g/mol. The normalized spacial score (nSPS) is 11.3. The lowest BCUT2D eigenvalue weighted by atomic mass is 10.1. The van der Waals surface area contributed by atoms with E-state index in [1.54, 1.807) is 26.1 Å². The zero-order valence-corrected chi connectivity index (χ0v) is 10.1. The lowest BCUT2D eigenvalue weighted by molar-refractivity contribution is 0.0486. The van der Waals surface area contributed by atoms with E-state index in [-0.39, 0.29) is 5.91 Å². The summed E-state index contributed by atoms with van der Waals surface area (Å²) in [5.41, 5.74) is -1.10. The Hall–Kier alpha value is -2.17. The molecule has 18 heavy (non-hydrogen) atoms. The number of hydrogen-bond donors (Lipinski definition) is 0. The molecule has 1 heterocycles. The summed E-state index contributed by atoms with van der Waals surface area (Å²) in [7, 11) is 0. The van der Waals surface area contributed by atoms with Crippen molar-refractivity contribution >= 4 is 5.91 Å². The van der Waals surface area contributed by atoms with Gasteiger partial charge in [-0.25, -0.2) is 9.37 Å². The van der Waals surface area contributed by atoms with E-state index in [0.29, 0.717) is 5.75 Å². The maximum atomic E-state index is 13.0. The molecule has 0 amide bonds. The van der Waals surface area contributed by atoms with E-state index >= 15 is 0 Å². The molecular formula is C13H13FN2O2. The van der Waals surface area contributed by atoms with Crippen molar-refractivity contribution in [3.63, 3.8) is 0 Å². The Morgan fingerprint density at radius 1 is 1.44 bits per heavy atom. The number of carbonyl (C=O) groups is 1. The Bertz CT molecular complexity index is 550. The quantitative estimate of drug-likeness (QED) is 0.838. The van der Waals surface area contributed by atoms with Crippen LogP contribution in [0.25, 0.3) is 0 Å². The molecule has 0 aliphatic rings. The van der Waals surface area contributed by atoms with Gasteiger partial charge in [0, 0.05) is 18.5 Å². The van der Waals surface area contributed by atoms with Crippen LogP contribution in [0, 0.1) is 5.82 Å². The first-order valence-electron chi connectivity index (χ1n) is 5.46.